The first-order chi connectivity index (χ1) is 26.9. The molecular formula is C44H62N2O11. The van der Waals surface area contributed by atoms with Gasteiger partial charge in [0.25, 0.3) is 0 Å². The first kappa shape index (κ1) is 43.1. The Morgan fingerprint density at radius 3 is 2.37 bits per heavy atom. The van der Waals surface area contributed by atoms with Crippen LogP contribution in [0, 0.1) is 23.7 Å². The topological polar surface area (TPSA) is 141 Å². The van der Waals surface area contributed by atoms with Crippen LogP contribution in [0.3, 0.4) is 0 Å². The van der Waals surface area contributed by atoms with Gasteiger partial charge >= 0.3 is 11.9 Å². The van der Waals surface area contributed by atoms with E-state index in [-0.39, 0.29) is 37.1 Å². The number of carbonyl (C=O) groups is 3. The second-order valence-corrected chi connectivity index (χ2v) is 17.4. The van der Waals surface area contributed by atoms with Gasteiger partial charge in [-0.15, -0.1) is 0 Å². The van der Waals surface area contributed by atoms with Crippen molar-refractivity contribution in [2.24, 2.45) is 28.8 Å². The second-order valence-electron chi connectivity index (χ2n) is 17.4. The van der Waals surface area contributed by atoms with E-state index in [2.05, 4.69) is 5.16 Å². The lowest BCUT2D eigenvalue weighted by Gasteiger charge is -2.48. The molecule has 4 fully saturated rings. The van der Waals surface area contributed by atoms with Crippen molar-refractivity contribution in [3.05, 3.63) is 42.5 Å². The lowest BCUT2D eigenvalue weighted by atomic mass is 9.75. The van der Waals surface area contributed by atoms with Gasteiger partial charge < -0.3 is 42.9 Å². The summed E-state index contributed by atoms with van der Waals surface area (Å²) in [4.78, 5) is 48.9. The third-order valence-corrected chi connectivity index (χ3v) is 12.6. The Bertz CT molecular complexity index is 1800. The van der Waals surface area contributed by atoms with Crippen LogP contribution in [0.4, 0.5) is 0 Å². The maximum atomic E-state index is 14.3. The molecule has 0 saturated carbocycles. The van der Waals surface area contributed by atoms with Gasteiger partial charge in [0.2, 0.25) is 0 Å². The maximum absolute atomic E-state index is 14.3. The van der Waals surface area contributed by atoms with E-state index in [1.54, 1.807) is 13.8 Å². The van der Waals surface area contributed by atoms with Crippen molar-refractivity contribution in [3.8, 4) is 5.75 Å². The molecule has 0 amide bonds. The first-order valence-electron chi connectivity index (χ1n) is 20.5. The zero-order chi connectivity index (χ0) is 41.4. The van der Waals surface area contributed by atoms with Crippen LogP contribution in [-0.2, 0) is 47.5 Å². The summed E-state index contributed by atoms with van der Waals surface area (Å²) in [5.74, 6) is -2.61. The highest BCUT2D eigenvalue weighted by Gasteiger charge is 2.59. The molecule has 13 heteroatoms. The number of hydrogen-bond acceptors (Lipinski definition) is 13. The Hall–Kier alpha value is -3.46. The number of carbonyl (C=O) groups excluding carboxylic acids is 3. The molecule has 4 aliphatic rings. The number of rotatable bonds is 7. The predicted molar refractivity (Wildman–Crippen MR) is 213 cm³/mol. The largest absolute Gasteiger partial charge is 0.459 e. The zero-order valence-electron chi connectivity index (χ0n) is 35.4. The van der Waals surface area contributed by atoms with Gasteiger partial charge in [-0.2, -0.15) is 0 Å². The average molecular weight is 795 g/mol. The lowest BCUT2D eigenvalue weighted by molar-refractivity contribution is -0.305. The number of ether oxygens (including phenoxy) is 7. The van der Waals surface area contributed by atoms with Gasteiger partial charge in [0.15, 0.2) is 29.5 Å². The summed E-state index contributed by atoms with van der Waals surface area (Å²) in [6.07, 6.45) is -3.53. The smallest absolute Gasteiger partial charge is 0.311 e. The van der Waals surface area contributed by atoms with Gasteiger partial charge in [-0.05, 0) is 89.9 Å². The average Bonchev–Trinajstić information content (AvgIpc) is 3.42. The SMILES string of the molecule is CC[C@H]1OC(=O)[C@H](C)[C@H]2OC/C(=N/Oc3ccc4ccccc4c3)CO[C@@](C)(C[C@@H](C)C3OC1(C)C(=O)C3C)[C@H](O[C@@H]1O[C@H](C)C[C@H](N(C)C)[C@H]1OC(C)=O)[C@@H]2C. The molecule has 2 aromatic carbocycles. The normalized spacial score (nSPS) is 40.0. The van der Waals surface area contributed by atoms with Crippen molar-refractivity contribution >= 4 is 34.2 Å². The fourth-order valence-electron chi connectivity index (χ4n) is 9.59. The Kier molecular flexibility index (Phi) is 13.2. The molecule has 14 atom stereocenters. The Morgan fingerprint density at radius 1 is 0.965 bits per heavy atom. The Labute approximate surface area is 336 Å². The van der Waals surface area contributed by atoms with Crippen LogP contribution in [0.25, 0.3) is 10.8 Å². The number of cyclic esters (lactones) is 1. The van der Waals surface area contributed by atoms with Crippen LogP contribution in [-0.4, -0.2) is 116 Å². The number of Topliss-reactive ketones (excluding diaryl/α,β-unsaturated/α-hetero) is 1. The molecule has 0 radical (unpaired) electrons. The van der Waals surface area contributed by atoms with Crippen molar-refractivity contribution in [1.82, 2.24) is 4.90 Å². The van der Waals surface area contributed by atoms with Crippen LogP contribution in [0.15, 0.2) is 47.6 Å². The molecule has 0 aromatic heterocycles. The lowest BCUT2D eigenvalue weighted by Crippen LogP contribution is -2.60. The van der Waals surface area contributed by atoms with Crippen molar-refractivity contribution in [2.45, 2.75) is 142 Å². The number of oxime groups is 1. The minimum Gasteiger partial charge on any atom is -0.459 e. The van der Waals surface area contributed by atoms with E-state index >= 15 is 0 Å². The Morgan fingerprint density at radius 2 is 1.68 bits per heavy atom. The predicted octanol–water partition coefficient (Wildman–Crippen LogP) is 6.13. The molecule has 4 bridgehead atoms. The van der Waals surface area contributed by atoms with E-state index in [0.717, 1.165) is 10.8 Å². The molecule has 4 saturated heterocycles. The number of benzene rings is 2. The van der Waals surface area contributed by atoms with E-state index in [1.165, 1.54) is 6.92 Å². The van der Waals surface area contributed by atoms with Gasteiger partial charge in [0.1, 0.15) is 11.8 Å². The summed E-state index contributed by atoms with van der Waals surface area (Å²) in [5, 5.41) is 6.63. The van der Waals surface area contributed by atoms with Gasteiger partial charge in [0, 0.05) is 18.8 Å². The summed E-state index contributed by atoms with van der Waals surface area (Å²) in [7, 11) is 3.88. The third kappa shape index (κ3) is 8.94. The standard InChI is InChI=1S/C44H62N2O11/c1-12-35-44(9)39(48)26(4)36(56-44)24(2)21-43(8)40(55-42-38(53-29(7)47)34(46(10)11)19-25(3)52-42)27(5)37(28(6)41(49)54-35)50-22-32(23-51-43)45-57-33-18-17-30-15-13-14-16-31(30)20-33/h13-18,20,24-28,34-38,40,42H,12,19,21-23H2,1-11H3/b45-32-/t24-,25-,26?,27-,28-,34+,35-,36?,37+,38-,40-,42+,43+,44?/m1/s1. The number of nitrogens with zero attached hydrogens (tertiary/aromatic N) is 2. The van der Waals surface area contributed by atoms with Crippen molar-refractivity contribution in [2.75, 3.05) is 27.3 Å². The van der Waals surface area contributed by atoms with Crippen molar-refractivity contribution in [1.29, 1.82) is 0 Å². The fraction of sp³-hybridized carbons (Fsp3) is 0.682. The summed E-state index contributed by atoms with van der Waals surface area (Å²) >= 11 is 0. The molecule has 314 valence electrons. The summed E-state index contributed by atoms with van der Waals surface area (Å²) < 4.78 is 46.2. The van der Waals surface area contributed by atoms with E-state index < -0.39 is 77.7 Å². The highest BCUT2D eigenvalue weighted by molar-refractivity contribution is 5.92. The van der Waals surface area contributed by atoms with Gasteiger partial charge in [-0.3, -0.25) is 14.4 Å². The molecule has 2 aromatic rings. The number of esters is 2. The number of fused-ring (bicyclic) bond motifs is 6. The molecule has 4 aliphatic heterocycles. The molecule has 0 aliphatic carbocycles. The summed E-state index contributed by atoms with van der Waals surface area (Å²) in [6, 6.07) is 13.5. The molecule has 13 nitrogen and oxygen atoms in total. The van der Waals surface area contributed by atoms with Crippen LogP contribution >= 0.6 is 0 Å². The van der Waals surface area contributed by atoms with Gasteiger partial charge in [-0.25, -0.2) is 0 Å². The quantitative estimate of drug-likeness (QED) is 0.235. The number of likely N-dealkylation sites (N-methyl/N-ethyl adjacent to an activating group) is 1. The van der Waals surface area contributed by atoms with Gasteiger partial charge in [0.05, 0.1) is 55.2 Å². The van der Waals surface area contributed by atoms with E-state index in [4.69, 9.17) is 38.0 Å². The van der Waals surface area contributed by atoms with E-state index in [9.17, 15) is 14.4 Å². The minimum absolute atomic E-state index is 0.000183. The van der Waals surface area contributed by atoms with E-state index in [1.807, 2.05) is 103 Å². The molecule has 0 spiro atoms. The van der Waals surface area contributed by atoms with Gasteiger partial charge in [-0.1, -0.05) is 63.2 Å². The first-order valence-corrected chi connectivity index (χ1v) is 20.5. The number of hydrogen-bond donors (Lipinski definition) is 0. The molecule has 6 rings (SSSR count). The van der Waals surface area contributed by atoms with Crippen molar-refractivity contribution in [3.63, 3.8) is 0 Å². The molecule has 4 heterocycles. The third-order valence-electron chi connectivity index (χ3n) is 12.6. The molecular weight excluding hydrogens is 732 g/mol. The van der Waals surface area contributed by atoms with Crippen LogP contribution in [0.5, 0.6) is 5.75 Å². The highest BCUT2D eigenvalue weighted by atomic mass is 16.7. The monoisotopic (exact) mass is 794 g/mol. The van der Waals surface area contributed by atoms with Crippen LogP contribution in [0.2, 0.25) is 0 Å². The molecule has 57 heavy (non-hydrogen) atoms. The van der Waals surface area contributed by atoms with E-state index in [0.29, 0.717) is 30.7 Å². The summed E-state index contributed by atoms with van der Waals surface area (Å²) in [5.41, 5.74) is -1.99. The van der Waals surface area contributed by atoms with Crippen LogP contribution in [0.1, 0.15) is 81.6 Å². The number of ketones is 1. The highest BCUT2D eigenvalue weighted by Crippen LogP contribution is 2.45. The Balaban J connectivity index is 1.45. The fourth-order valence-corrected chi connectivity index (χ4v) is 9.59. The maximum Gasteiger partial charge on any atom is 0.311 e. The summed E-state index contributed by atoms with van der Waals surface area (Å²) in [6.45, 7) is 16.6. The molecule has 0 N–H and O–H groups in total. The zero-order valence-corrected chi connectivity index (χ0v) is 35.4. The minimum atomic E-state index is -1.33. The van der Waals surface area contributed by atoms with Crippen LogP contribution < -0.4 is 4.84 Å². The molecule has 3 unspecified atom stereocenters. The second kappa shape index (κ2) is 17.4. The van der Waals surface area contributed by atoms with Crippen molar-refractivity contribution < 1.29 is 52.4 Å².